The maximum atomic E-state index is 12.4. The van der Waals surface area contributed by atoms with Crippen LogP contribution in [0.2, 0.25) is 0 Å². The summed E-state index contributed by atoms with van der Waals surface area (Å²) < 4.78 is 5.26. The zero-order valence-electron chi connectivity index (χ0n) is 12.5. The Morgan fingerprint density at radius 1 is 1.09 bits per heavy atom. The normalized spacial score (nSPS) is 21.7. The molecule has 1 atom stereocenters. The van der Waals surface area contributed by atoms with E-state index >= 15 is 0 Å². The zero-order chi connectivity index (χ0) is 15.4. The van der Waals surface area contributed by atoms with Crippen molar-refractivity contribution in [2.75, 3.05) is 32.8 Å². The lowest BCUT2D eigenvalue weighted by Gasteiger charge is -2.42. The molecule has 1 aromatic rings. The number of amides is 2. The molecule has 0 aliphatic carbocycles. The average Bonchev–Trinajstić information content (AvgIpc) is 2.54. The van der Waals surface area contributed by atoms with Gasteiger partial charge in [-0.2, -0.15) is 0 Å². The average molecular weight is 300 g/mol. The Balaban J connectivity index is 1.59. The van der Waals surface area contributed by atoms with Crippen molar-refractivity contribution in [2.45, 2.75) is 12.5 Å². The van der Waals surface area contributed by atoms with Crippen molar-refractivity contribution < 1.29 is 14.3 Å². The highest BCUT2D eigenvalue weighted by Crippen LogP contribution is 2.21. The van der Waals surface area contributed by atoms with Gasteiger partial charge in [0.25, 0.3) is 0 Å². The summed E-state index contributed by atoms with van der Waals surface area (Å²) in [4.78, 5) is 28.1. The number of ether oxygens (including phenoxy) is 1. The maximum Gasteiger partial charge on any atom is 0.247 e. The summed E-state index contributed by atoms with van der Waals surface area (Å²) in [5.41, 5.74) is 0.979. The highest BCUT2D eigenvalue weighted by Gasteiger charge is 2.39. The molecule has 2 aliphatic heterocycles. The molecular formula is C17H20N2O3. The van der Waals surface area contributed by atoms with Gasteiger partial charge in [0.2, 0.25) is 11.8 Å². The largest absolute Gasteiger partial charge is 0.378 e. The van der Waals surface area contributed by atoms with Gasteiger partial charge in [-0.3, -0.25) is 9.59 Å². The molecule has 5 nitrogen and oxygen atoms in total. The van der Waals surface area contributed by atoms with Gasteiger partial charge in [0.1, 0.15) is 6.04 Å². The molecule has 0 radical (unpaired) electrons. The predicted octanol–water partition coefficient (Wildman–Crippen LogP) is 1.16. The molecule has 2 amide bonds. The fourth-order valence-electron chi connectivity index (χ4n) is 2.73. The Kier molecular flexibility index (Phi) is 4.53. The lowest BCUT2D eigenvalue weighted by atomic mass is 10.0. The number of nitrogens with zero attached hydrogens (tertiary/aromatic N) is 2. The molecule has 3 rings (SSSR count). The Bertz CT molecular complexity index is 565. The Morgan fingerprint density at radius 2 is 1.82 bits per heavy atom. The summed E-state index contributed by atoms with van der Waals surface area (Å²) in [5.74, 6) is -0.0438. The van der Waals surface area contributed by atoms with Crippen molar-refractivity contribution in [3.8, 4) is 0 Å². The number of likely N-dealkylation sites (tertiary alicyclic amines) is 1. The van der Waals surface area contributed by atoms with Crippen LogP contribution < -0.4 is 0 Å². The molecule has 1 unspecified atom stereocenters. The summed E-state index contributed by atoms with van der Waals surface area (Å²) in [7, 11) is 0. The van der Waals surface area contributed by atoms with Crippen molar-refractivity contribution in [1.29, 1.82) is 0 Å². The molecule has 0 aromatic heterocycles. The Hall–Kier alpha value is -2.14. The summed E-state index contributed by atoms with van der Waals surface area (Å²) in [5, 5.41) is 0. The first-order valence-electron chi connectivity index (χ1n) is 7.66. The van der Waals surface area contributed by atoms with Crippen molar-refractivity contribution in [1.82, 2.24) is 9.80 Å². The summed E-state index contributed by atoms with van der Waals surface area (Å²) in [6, 6.07) is 9.38. The molecule has 5 heteroatoms. The standard InChI is InChI=1S/C17H20N2O3/c20-16(7-6-14-4-2-1-3-5-14)19-9-8-15(19)17(21)18-10-12-22-13-11-18/h1-7,15H,8-13H2. The van der Waals surface area contributed by atoms with Crippen LogP contribution in [0.5, 0.6) is 0 Å². The third-order valence-electron chi connectivity index (χ3n) is 4.13. The lowest BCUT2D eigenvalue weighted by molar-refractivity contribution is -0.152. The molecule has 2 saturated heterocycles. The number of morpholine rings is 1. The lowest BCUT2D eigenvalue weighted by Crippen LogP contribution is -2.60. The van der Waals surface area contributed by atoms with Gasteiger partial charge in [-0.25, -0.2) is 0 Å². The summed E-state index contributed by atoms with van der Waals surface area (Å²) in [6.07, 6.45) is 4.09. The van der Waals surface area contributed by atoms with Crippen LogP contribution in [0.15, 0.2) is 36.4 Å². The van der Waals surface area contributed by atoms with Crippen LogP contribution in [0.25, 0.3) is 6.08 Å². The second-order valence-corrected chi connectivity index (χ2v) is 5.52. The van der Waals surface area contributed by atoms with E-state index in [1.165, 1.54) is 0 Å². The van der Waals surface area contributed by atoms with Crippen LogP contribution in [-0.2, 0) is 14.3 Å². The molecule has 0 bridgehead atoms. The SMILES string of the molecule is O=C(C1CCN1C(=O)C=Cc1ccccc1)N1CCOCC1. The van der Waals surface area contributed by atoms with Crippen LogP contribution in [-0.4, -0.2) is 60.5 Å². The molecular weight excluding hydrogens is 280 g/mol. The second kappa shape index (κ2) is 6.75. The summed E-state index contributed by atoms with van der Waals surface area (Å²) >= 11 is 0. The number of benzene rings is 1. The van der Waals surface area contributed by atoms with Gasteiger partial charge in [-0.15, -0.1) is 0 Å². The summed E-state index contributed by atoms with van der Waals surface area (Å²) in [6.45, 7) is 3.06. The highest BCUT2D eigenvalue weighted by atomic mass is 16.5. The first-order valence-corrected chi connectivity index (χ1v) is 7.66. The van der Waals surface area contributed by atoms with Gasteiger partial charge in [0.15, 0.2) is 0 Å². The highest BCUT2D eigenvalue weighted by molar-refractivity contribution is 5.96. The maximum absolute atomic E-state index is 12.4. The van der Waals surface area contributed by atoms with E-state index in [4.69, 9.17) is 4.74 Å². The minimum atomic E-state index is -0.300. The van der Waals surface area contributed by atoms with Crippen molar-refractivity contribution in [2.24, 2.45) is 0 Å². The van der Waals surface area contributed by atoms with Gasteiger partial charge >= 0.3 is 0 Å². The Labute approximate surface area is 130 Å². The van der Waals surface area contributed by atoms with Gasteiger partial charge in [0.05, 0.1) is 13.2 Å². The number of carbonyl (C=O) groups excluding carboxylic acids is 2. The third-order valence-corrected chi connectivity index (χ3v) is 4.13. The first-order chi connectivity index (χ1) is 10.8. The molecule has 22 heavy (non-hydrogen) atoms. The van der Waals surface area contributed by atoms with Crippen molar-refractivity contribution >= 4 is 17.9 Å². The molecule has 0 spiro atoms. The van der Waals surface area contributed by atoms with Crippen LogP contribution in [0, 0.1) is 0 Å². The monoisotopic (exact) mass is 300 g/mol. The number of hydrogen-bond donors (Lipinski definition) is 0. The number of carbonyl (C=O) groups is 2. The molecule has 0 N–H and O–H groups in total. The number of rotatable bonds is 3. The molecule has 2 aliphatic rings. The molecule has 2 heterocycles. The van der Waals surface area contributed by atoms with Crippen LogP contribution in [0.4, 0.5) is 0 Å². The van der Waals surface area contributed by atoms with Crippen LogP contribution in [0.1, 0.15) is 12.0 Å². The van der Waals surface area contributed by atoms with Gasteiger partial charge in [0, 0.05) is 25.7 Å². The van der Waals surface area contributed by atoms with Gasteiger partial charge < -0.3 is 14.5 Å². The van der Waals surface area contributed by atoms with E-state index in [0.717, 1.165) is 12.0 Å². The van der Waals surface area contributed by atoms with E-state index in [1.54, 1.807) is 22.0 Å². The smallest absolute Gasteiger partial charge is 0.247 e. The molecule has 0 saturated carbocycles. The van der Waals surface area contributed by atoms with E-state index in [-0.39, 0.29) is 17.9 Å². The third kappa shape index (κ3) is 3.20. The second-order valence-electron chi connectivity index (χ2n) is 5.52. The quantitative estimate of drug-likeness (QED) is 0.787. The molecule has 116 valence electrons. The fourth-order valence-corrected chi connectivity index (χ4v) is 2.73. The van der Waals surface area contributed by atoms with Gasteiger partial charge in [-0.1, -0.05) is 30.3 Å². The number of hydrogen-bond acceptors (Lipinski definition) is 3. The van der Waals surface area contributed by atoms with Crippen LogP contribution >= 0.6 is 0 Å². The van der Waals surface area contributed by atoms with E-state index in [1.807, 2.05) is 30.3 Å². The molecule has 2 fully saturated rings. The van der Waals surface area contributed by atoms with Gasteiger partial charge in [-0.05, 0) is 18.1 Å². The molecule has 1 aromatic carbocycles. The van der Waals surface area contributed by atoms with Crippen LogP contribution in [0.3, 0.4) is 0 Å². The minimum Gasteiger partial charge on any atom is -0.378 e. The van der Waals surface area contributed by atoms with E-state index in [9.17, 15) is 9.59 Å². The van der Waals surface area contributed by atoms with Crippen molar-refractivity contribution in [3.63, 3.8) is 0 Å². The fraction of sp³-hybridized carbons (Fsp3) is 0.412. The zero-order valence-corrected chi connectivity index (χ0v) is 12.5. The minimum absolute atomic E-state index is 0.0519. The first kappa shape index (κ1) is 14.8. The van der Waals surface area contributed by atoms with E-state index in [0.29, 0.717) is 32.8 Å². The topological polar surface area (TPSA) is 49.9 Å². The van der Waals surface area contributed by atoms with Crippen molar-refractivity contribution in [3.05, 3.63) is 42.0 Å². The van der Waals surface area contributed by atoms with E-state index in [2.05, 4.69) is 0 Å². The van der Waals surface area contributed by atoms with E-state index < -0.39 is 0 Å². The Morgan fingerprint density at radius 3 is 2.45 bits per heavy atom. The predicted molar refractivity (Wildman–Crippen MR) is 83.0 cm³/mol.